The molecular formula is C14H13ClN2O2. The van der Waals surface area contributed by atoms with Crippen molar-refractivity contribution in [2.45, 2.75) is 6.92 Å². The van der Waals surface area contributed by atoms with Gasteiger partial charge in [-0.15, -0.1) is 0 Å². The lowest BCUT2D eigenvalue weighted by Gasteiger charge is -2.07. The third kappa shape index (κ3) is 4.26. The van der Waals surface area contributed by atoms with Crippen LogP contribution in [-0.2, 0) is 4.79 Å². The van der Waals surface area contributed by atoms with Crippen LogP contribution < -0.4 is 10.1 Å². The van der Waals surface area contributed by atoms with Gasteiger partial charge < -0.3 is 10.1 Å². The van der Waals surface area contributed by atoms with Crippen LogP contribution >= 0.6 is 11.6 Å². The van der Waals surface area contributed by atoms with E-state index in [-0.39, 0.29) is 12.5 Å². The molecule has 1 amide bonds. The summed E-state index contributed by atoms with van der Waals surface area (Å²) in [4.78, 5) is 15.5. The molecule has 2 aromatic rings. The van der Waals surface area contributed by atoms with Crippen molar-refractivity contribution in [2.24, 2.45) is 0 Å². The Morgan fingerprint density at radius 1 is 1.37 bits per heavy atom. The van der Waals surface area contributed by atoms with Crippen LogP contribution in [0.25, 0.3) is 0 Å². The first-order chi connectivity index (χ1) is 9.13. The van der Waals surface area contributed by atoms with E-state index in [1.807, 2.05) is 31.2 Å². The number of amides is 1. The predicted octanol–water partition coefficient (Wildman–Crippen LogP) is 3.06. The summed E-state index contributed by atoms with van der Waals surface area (Å²) in [6.45, 7) is 1.89. The van der Waals surface area contributed by atoms with Gasteiger partial charge in [-0.2, -0.15) is 0 Å². The van der Waals surface area contributed by atoms with Crippen LogP contribution in [0.15, 0.2) is 42.6 Å². The molecule has 1 heterocycles. The molecule has 0 aliphatic rings. The number of carbonyl (C=O) groups excluding carboxylic acids is 1. The lowest BCUT2D eigenvalue weighted by atomic mass is 10.2. The topological polar surface area (TPSA) is 51.2 Å². The Hall–Kier alpha value is -2.07. The number of hydrogen-bond acceptors (Lipinski definition) is 3. The molecule has 1 N–H and O–H groups in total. The Morgan fingerprint density at radius 3 is 2.89 bits per heavy atom. The van der Waals surface area contributed by atoms with Crippen molar-refractivity contribution in [3.8, 4) is 5.75 Å². The van der Waals surface area contributed by atoms with E-state index in [2.05, 4.69) is 10.3 Å². The number of hydrogen-bond donors (Lipinski definition) is 1. The highest BCUT2D eigenvalue weighted by Gasteiger charge is 2.04. The Balaban J connectivity index is 1.86. The fourth-order valence-electron chi connectivity index (χ4n) is 1.52. The van der Waals surface area contributed by atoms with Crippen LogP contribution in [0.5, 0.6) is 5.75 Å². The molecule has 0 fully saturated rings. The Kier molecular flexibility index (Phi) is 4.36. The highest BCUT2D eigenvalue weighted by Crippen LogP contribution is 2.12. The van der Waals surface area contributed by atoms with Gasteiger partial charge in [0.15, 0.2) is 6.61 Å². The first-order valence-corrected chi connectivity index (χ1v) is 6.12. The minimum atomic E-state index is -0.222. The molecule has 0 saturated carbocycles. The molecule has 0 aliphatic heterocycles. The molecule has 1 aromatic carbocycles. The fraction of sp³-hybridized carbons (Fsp3) is 0.143. The quantitative estimate of drug-likeness (QED) is 0.873. The van der Waals surface area contributed by atoms with Crippen molar-refractivity contribution < 1.29 is 9.53 Å². The van der Waals surface area contributed by atoms with Gasteiger partial charge >= 0.3 is 0 Å². The molecule has 2 rings (SSSR count). The van der Waals surface area contributed by atoms with E-state index in [9.17, 15) is 4.79 Å². The maximum Gasteiger partial charge on any atom is 0.262 e. The van der Waals surface area contributed by atoms with Gasteiger partial charge in [-0.3, -0.25) is 4.79 Å². The van der Waals surface area contributed by atoms with E-state index in [0.717, 1.165) is 11.3 Å². The Bertz CT molecular complexity index is 570. The molecule has 0 radical (unpaired) electrons. The Labute approximate surface area is 116 Å². The number of benzene rings is 1. The second kappa shape index (κ2) is 6.20. The van der Waals surface area contributed by atoms with Gasteiger partial charge in [0.25, 0.3) is 5.91 Å². The molecule has 1 aromatic heterocycles. The SMILES string of the molecule is Cc1cccc(NC(=O)COc2ccc(Cl)nc2)c1. The maximum absolute atomic E-state index is 11.7. The Morgan fingerprint density at radius 2 is 2.21 bits per heavy atom. The first kappa shape index (κ1) is 13.4. The molecule has 0 bridgehead atoms. The van der Waals surface area contributed by atoms with Crippen molar-refractivity contribution in [1.82, 2.24) is 4.98 Å². The monoisotopic (exact) mass is 276 g/mol. The molecule has 0 atom stereocenters. The highest BCUT2D eigenvalue weighted by molar-refractivity contribution is 6.29. The van der Waals surface area contributed by atoms with Crippen LogP contribution in [0.2, 0.25) is 5.15 Å². The maximum atomic E-state index is 11.7. The van der Waals surface area contributed by atoms with E-state index in [0.29, 0.717) is 10.9 Å². The van der Waals surface area contributed by atoms with Crippen LogP contribution in [0, 0.1) is 6.92 Å². The van der Waals surface area contributed by atoms with Gasteiger partial charge in [0.1, 0.15) is 10.9 Å². The molecule has 0 spiro atoms. The van der Waals surface area contributed by atoms with E-state index >= 15 is 0 Å². The van der Waals surface area contributed by atoms with Gasteiger partial charge in [-0.1, -0.05) is 23.7 Å². The zero-order valence-electron chi connectivity index (χ0n) is 10.4. The van der Waals surface area contributed by atoms with Crippen molar-refractivity contribution in [3.05, 3.63) is 53.3 Å². The summed E-state index contributed by atoms with van der Waals surface area (Å²) in [6.07, 6.45) is 1.47. The number of nitrogens with one attached hydrogen (secondary N) is 1. The molecule has 19 heavy (non-hydrogen) atoms. The normalized spacial score (nSPS) is 10.0. The van der Waals surface area contributed by atoms with Crippen LogP contribution in [-0.4, -0.2) is 17.5 Å². The summed E-state index contributed by atoms with van der Waals surface area (Å²) >= 11 is 5.65. The summed E-state index contributed by atoms with van der Waals surface area (Å²) in [5.74, 6) is 0.282. The second-order valence-corrected chi connectivity index (χ2v) is 4.41. The molecule has 98 valence electrons. The number of ether oxygens (including phenoxy) is 1. The summed E-state index contributed by atoms with van der Waals surface area (Å²) in [5, 5.41) is 3.14. The average Bonchev–Trinajstić information content (AvgIpc) is 2.38. The second-order valence-electron chi connectivity index (χ2n) is 4.02. The fourth-order valence-corrected chi connectivity index (χ4v) is 1.63. The molecule has 0 unspecified atom stereocenters. The molecule has 0 saturated heterocycles. The zero-order chi connectivity index (χ0) is 13.7. The number of aromatic nitrogens is 1. The predicted molar refractivity (Wildman–Crippen MR) is 74.6 cm³/mol. The summed E-state index contributed by atoms with van der Waals surface area (Å²) in [5.41, 5.74) is 1.84. The van der Waals surface area contributed by atoms with Gasteiger partial charge in [0, 0.05) is 5.69 Å². The van der Waals surface area contributed by atoms with Gasteiger partial charge in [0.2, 0.25) is 0 Å². The first-order valence-electron chi connectivity index (χ1n) is 5.74. The van der Waals surface area contributed by atoms with Crippen molar-refractivity contribution in [3.63, 3.8) is 0 Å². The summed E-state index contributed by atoms with van der Waals surface area (Å²) in [6, 6.07) is 10.8. The van der Waals surface area contributed by atoms with Crippen LogP contribution in [0.1, 0.15) is 5.56 Å². The number of pyridine rings is 1. The summed E-state index contributed by atoms with van der Waals surface area (Å²) in [7, 11) is 0. The minimum absolute atomic E-state index is 0.0722. The number of carbonyl (C=O) groups is 1. The highest BCUT2D eigenvalue weighted by atomic mass is 35.5. The molecule has 4 nitrogen and oxygen atoms in total. The van der Waals surface area contributed by atoms with Gasteiger partial charge in [0.05, 0.1) is 6.20 Å². The molecule has 5 heteroatoms. The zero-order valence-corrected chi connectivity index (χ0v) is 11.1. The number of rotatable bonds is 4. The van der Waals surface area contributed by atoms with Gasteiger partial charge in [-0.25, -0.2) is 4.98 Å². The smallest absolute Gasteiger partial charge is 0.262 e. The van der Waals surface area contributed by atoms with Crippen molar-refractivity contribution in [1.29, 1.82) is 0 Å². The third-order valence-electron chi connectivity index (χ3n) is 2.37. The van der Waals surface area contributed by atoms with E-state index in [1.165, 1.54) is 6.20 Å². The molecule has 0 aliphatic carbocycles. The van der Waals surface area contributed by atoms with E-state index in [4.69, 9.17) is 16.3 Å². The largest absolute Gasteiger partial charge is 0.482 e. The number of halogens is 1. The molecular weight excluding hydrogens is 264 g/mol. The number of aryl methyl sites for hydroxylation is 1. The lowest BCUT2D eigenvalue weighted by molar-refractivity contribution is -0.118. The third-order valence-corrected chi connectivity index (χ3v) is 2.60. The lowest BCUT2D eigenvalue weighted by Crippen LogP contribution is -2.20. The number of anilines is 1. The average molecular weight is 277 g/mol. The van der Waals surface area contributed by atoms with Crippen molar-refractivity contribution >= 4 is 23.2 Å². The van der Waals surface area contributed by atoms with Gasteiger partial charge in [-0.05, 0) is 36.8 Å². The van der Waals surface area contributed by atoms with Crippen LogP contribution in [0.4, 0.5) is 5.69 Å². The standard InChI is InChI=1S/C14H13ClN2O2/c1-10-3-2-4-11(7-10)17-14(18)9-19-12-5-6-13(15)16-8-12/h2-8H,9H2,1H3,(H,17,18). The number of nitrogens with zero attached hydrogens (tertiary/aromatic N) is 1. The summed E-state index contributed by atoms with van der Waals surface area (Å²) < 4.78 is 5.29. The van der Waals surface area contributed by atoms with E-state index < -0.39 is 0 Å². The minimum Gasteiger partial charge on any atom is -0.482 e. The van der Waals surface area contributed by atoms with Crippen LogP contribution in [0.3, 0.4) is 0 Å². The van der Waals surface area contributed by atoms with Crippen molar-refractivity contribution in [2.75, 3.05) is 11.9 Å². The van der Waals surface area contributed by atoms with E-state index in [1.54, 1.807) is 12.1 Å².